The summed E-state index contributed by atoms with van der Waals surface area (Å²) >= 11 is 8.16. The Kier molecular flexibility index (Phi) is 4.53. The van der Waals surface area contributed by atoms with Crippen molar-refractivity contribution < 1.29 is 0 Å². The van der Waals surface area contributed by atoms with E-state index >= 15 is 0 Å². The number of hydrogen-bond acceptors (Lipinski definition) is 4. The minimum atomic E-state index is 0.725. The van der Waals surface area contributed by atoms with Crippen LogP contribution in [0.5, 0.6) is 0 Å². The third-order valence-corrected chi connectivity index (χ3v) is 6.93. The van der Waals surface area contributed by atoms with Gasteiger partial charge < -0.3 is 5.32 Å². The van der Waals surface area contributed by atoms with Gasteiger partial charge in [-0.3, -0.25) is 0 Å². The second kappa shape index (κ2) is 7.19. The quantitative estimate of drug-likeness (QED) is 0.422. The molecule has 2 aromatic heterocycles. The van der Waals surface area contributed by atoms with Crippen LogP contribution < -0.4 is 5.32 Å². The molecule has 0 bridgehead atoms. The smallest absolute Gasteiger partial charge is 0.143 e. The van der Waals surface area contributed by atoms with Gasteiger partial charge in [-0.2, -0.15) is 0 Å². The first-order valence-electron chi connectivity index (χ1n) is 9.56. The zero-order chi connectivity index (χ0) is 19.1. The van der Waals surface area contributed by atoms with Crippen LogP contribution in [0, 0.1) is 6.92 Å². The Bertz CT molecular complexity index is 1170. The maximum atomic E-state index is 6.34. The minimum Gasteiger partial charge on any atom is -0.339 e. The first kappa shape index (κ1) is 17.7. The lowest BCUT2D eigenvalue weighted by atomic mass is 10.1. The second-order valence-corrected chi connectivity index (χ2v) is 8.72. The van der Waals surface area contributed by atoms with Crippen LogP contribution in [-0.2, 0) is 19.3 Å². The fourth-order valence-electron chi connectivity index (χ4n) is 3.86. The number of anilines is 2. The molecule has 0 aliphatic heterocycles. The van der Waals surface area contributed by atoms with Gasteiger partial charge in [0.2, 0.25) is 0 Å². The largest absolute Gasteiger partial charge is 0.339 e. The lowest BCUT2D eigenvalue weighted by Crippen LogP contribution is -2.03. The Morgan fingerprint density at radius 1 is 1.04 bits per heavy atom. The lowest BCUT2D eigenvalue weighted by molar-refractivity contribution is 0.916. The fourth-order valence-corrected chi connectivity index (χ4v) is 5.31. The summed E-state index contributed by atoms with van der Waals surface area (Å²) in [5.74, 6) is 1.75. The molecule has 3 nitrogen and oxygen atoms in total. The van der Waals surface area contributed by atoms with E-state index in [1.807, 2.05) is 36.5 Å². The Labute approximate surface area is 173 Å². The van der Waals surface area contributed by atoms with E-state index in [2.05, 4.69) is 35.6 Å². The van der Waals surface area contributed by atoms with Gasteiger partial charge in [-0.1, -0.05) is 48.0 Å². The number of nitrogens with one attached hydrogen (secondary N) is 1. The van der Waals surface area contributed by atoms with E-state index in [1.165, 1.54) is 27.8 Å². The number of aryl methyl sites for hydroxylation is 2. The predicted molar refractivity (Wildman–Crippen MR) is 118 cm³/mol. The van der Waals surface area contributed by atoms with Crippen molar-refractivity contribution in [1.29, 1.82) is 0 Å². The first-order chi connectivity index (χ1) is 13.7. The fraction of sp³-hybridized carbons (Fsp3) is 0.217. The molecule has 28 heavy (non-hydrogen) atoms. The van der Waals surface area contributed by atoms with Crippen LogP contribution in [0.25, 0.3) is 10.2 Å². The lowest BCUT2D eigenvalue weighted by Gasteiger charge is -2.13. The van der Waals surface area contributed by atoms with Gasteiger partial charge in [-0.25, -0.2) is 9.97 Å². The average molecular weight is 406 g/mol. The second-order valence-electron chi connectivity index (χ2n) is 7.23. The normalized spacial score (nSPS) is 13.1. The van der Waals surface area contributed by atoms with Crippen molar-refractivity contribution in [2.45, 2.75) is 32.6 Å². The molecule has 0 fully saturated rings. The summed E-state index contributed by atoms with van der Waals surface area (Å²) in [6.07, 6.45) is 4.21. The molecule has 5 heteroatoms. The van der Waals surface area contributed by atoms with Crippen molar-refractivity contribution in [2.24, 2.45) is 0 Å². The highest BCUT2D eigenvalue weighted by molar-refractivity contribution is 7.19. The van der Waals surface area contributed by atoms with Crippen LogP contribution in [0.2, 0.25) is 5.02 Å². The van der Waals surface area contributed by atoms with Crippen molar-refractivity contribution in [1.82, 2.24) is 9.97 Å². The van der Waals surface area contributed by atoms with Gasteiger partial charge in [0.1, 0.15) is 16.5 Å². The van der Waals surface area contributed by atoms with Crippen LogP contribution in [0.15, 0.2) is 48.5 Å². The number of nitrogens with zero attached hydrogens (tertiary/aromatic N) is 2. The highest BCUT2D eigenvalue weighted by Gasteiger charge is 2.23. The monoisotopic (exact) mass is 405 g/mol. The van der Waals surface area contributed by atoms with Crippen LogP contribution >= 0.6 is 22.9 Å². The van der Waals surface area contributed by atoms with Gasteiger partial charge in [0.25, 0.3) is 0 Å². The number of benzene rings is 2. The van der Waals surface area contributed by atoms with E-state index in [0.717, 1.165) is 52.0 Å². The molecule has 0 unspecified atom stereocenters. The van der Waals surface area contributed by atoms with E-state index < -0.39 is 0 Å². The number of hydrogen-bond donors (Lipinski definition) is 1. The third-order valence-electron chi connectivity index (χ3n) is 5.34. The van der Waals surface area contributed by atoms with E-state index in [0.29, 0.717) is 0 Å². The van der Waals surface area contributed by atoms with Gasteiger partial charge >= 0.3 is 0 Å². The Morgan fingerprint density at radius 2 is 1.89 bits per heavy atom. The molecule has 140 valence electrons. The number of halogens is 1. The topological polar surface area (TPSA) is 37.8 Å². The Morgan fingerprint density at radius 3 is 2.75 bits per heavy atom. The molecule has 1 aliphatic rings. The zero-order valence-electron chi connectivity index (χ0n) is 15.6. The van der Waals surface area contributed by atoms with Gasteiger partial charge in [0.05, 0.1) is 5.39 Å². The number of aromatic nitrogens is 2. The van der Waals surface area contributed by atoms with E-state index in [1.54, 1.807) is 0 Å². The van der Waals surface area contributed by atoms with E-state index in [4.69, 9.17) is 21.6 Å². The van der Waals surface area contributed by atoms with Gasteiger partial charge in [0, 0.05) is 22.0 Å². The standard InChI is InChI=1S/C23H20ClN3S/c1-14-17(24)10-6-11-18(14)25-22-21-16-9-5-12-19(16)28-23(21)27-20(26-22)13-15-7-3-2-4-8-15/h2-4,6-8,10-11H,5,9,12-13H2,1H3,(H,25,26,27). The summed E-state index contributed by atoms with van der Waals surface area (Å²) in [4.78, 5) is 12.4. The van der Waals surface area contributed by atoms with Crippen molar-refractivity contribution in [3.8, 4) is 0 Å². The molecule has 2 heterocycles. The molecule has 1 aliphatic carbocycles. The predicted octanol–water partition coefficient (Wildman–Crippen LogP) is 6.48. The summed E-state index contributed by atoms with van der Waals surface area (Å²) in [5, 5.41) is 5.52. The summed E-state index contributed by atoms with van der Waals surface area (Å²) in [6, 6.07) is 16.3. The minimum absolute atomic E-state index is 0.725. The van der Waals surface area contributed by atoms with E-state index in [-0.39, 0.29) is 0 Å². The molecular formula is C23H20ClN3S. The first-order valence-corrected chi connectivity index (χ1v) is 10.8. The maximum absolute atomic E-state index is 6.34. The SMILES string of the molecule is Cc1c(Cl)cccc1Nc1nc(Cc2ccccc2)nc2sc3c(c12)CCC3. The van der Waals surface area contributed by atoms with E-state index in [9.17, 15) is 0 Å². The third kappa shape index (κ3) is 3.17. The highest BCUT2D eigenvalue weighted by Crippen LogP contribution is 2.40. The maximum Gasteiger partial charge on any atom is 0.143 e. The molecule has 0 radical (unpaired) electrons. The Balaban J connectivity index is 1.63. The molecule has 0 saturated carbocycles. The molecule has 0 saturated heterocycles. The Hall–Kier alpha value is -2.43. The number of thiophene rings is 1. The zero-order valence-corrected chi connectivity index (χ0v) is 17.2. The van der Waals surface area contributed by atoms with Crippen LogP contribution in [0.3, 0.4) is 0 Å². The van der Waals surface area contributed by atoms with Gasteiger partial charge in [-0.05, 0) is 55.0 Å². The highest BCUT2D eigenvalue weighted by atomic mass is 35.5. The van der Waals surface area contributed by atoms with Crippen LogP contribution in [-0.4, -0.2) is 9.97 Å². The average Bonchev–Trinajstić information content (AvgIpc) is 3.27. The molecular weight excluding hydrogens is 386 g/mol. The molecule has 0 atom stereocenters. The molecule has 5 rings (SSSR count). The summed E-state index contributed by atoms with van der Waals surface area (Å²) < 4.78 is 0. The summed E-state index contributed by atoms with van der Waals surface area (Å²) in [6.45, 7) is 2.03. The molecule has 0 spiro atoms. The van der Waals surface area contributed by atoms with Gasteiger partial charge in [0.15, 0.2) is 0 Å². The summed E-state index contributed by atoms with van der Waals surface area (Å²) in [7, 11) is 0. The molecule has 1 N–H and O–H groups in total. The molecule has 2 aromatic carbocycles. The van der Waals surface area contributed by atoms with Gasteiger partial charge in [-0.15, -0.1) is 11.3 Å². The van der Waals surface area contributed by atoms with Crippen LogP contribution in [0.1, 0.15) is 33.8 Å². The van der Waals surface area contributed by atoms with Crippen LogP contribution in [0.4, 0.5) is 11.5 Å². The van der Waals surface area contributed by atoms with Crippen molar-refractivity contribution in [3.63, 3.8) is 0 Å². The van der Waals surface area contributed by atoms with Crippen molar-refractivity contribution in [3.05, 3.63) is 80.9 Å². The number of rotatable bonds is 4. The molecule has 4 aromatic rings. The molecule has 0 amide bonds. The summed E-state index contributed by atoms with van der Waals surface area (Å²) in [5.41, 5.74) is 4.67. The van der Waals surface area contributed by atoms with Crippen molar-refractivity contribution in [2.75, 3.05) is 5.32 Å². The number of fused-ring (bicyclic) bond motifs is 3. The van der Waals surface area contributed by atoms with Crippen molar-refractivity contribution >= 4 is 44.7 Å².